The highest BCUT2D eigenvalue weighted by atomic mass is 32.1. The van der Waals surface area contributed by atoms with Crippen LogP contribution >= 0.6 is 22.7 Å². The van der Waals surface area contributed by atoms with E-state index in [1.165, 1.54) is 106 Å². The molecule has 580 valence electrons. The molecule has 24 rings (SSSR count). The summed E-state index contributed by atoms with van der Waals surface area (Å²) in [5.41, 5.74) is 26.2. The second kappa shape index (κ2) is 31.3. The number of aromatic nitrogens is 8. The van der Waals surface area contributed by atoms with Crippen molar-refractivity contribution in [3.8, 4) is 146 Å². The molecule has 0 saturated carbocycles. The Bertz CT molecular complexity index is 8080. The lowest BCUT2D eigenvalue weighted by Crippen LogP contribution is -2.01. The van der Waals surface area contributed by atoms with Crippen LogP contribution in [0.3, 0.4) is 0 Å². The second-order valence-corrected chi connectivity index (χ2v) is 33.2. The van der Waals surface area contributed by atoms with Crippen LogP contribution in [0, 0.1) is 0 Å². The fraction of sp³-hybridized carbons (Fsp3) is 0. The normalized spacial score (nSPS) is 11.5. The molecule has 8 nitrogen and oxygen atoms in total. The maximum Gasteiger partial charge on any atom is 0.164 e. The molecule has 0 fully saturated rings. The van der Waals surface area contributed by atoms with Gasteiger partial charge in [0.15, 0.2) is 34.9 Å². The minimum atomic E-state index is 0.617. The maximum atomic E-state index is 5.34. The topological polar surface area (TPSA) is 87.2 Å². The van der Waals surface area contributed by atoms with Crippen LogP contribution in [-0.2, 0) is 0 Å². The van der Waals surface area contributed by atoms with Crippen LogP contribution in [-0.4, -0.2) is 39.0 Å². The Kier molecular flexibility index (Phi) is 18.5. The highest BCUT2D eigenvalue weighted by Gasteiger charge is 2.27. The average Bonchev–Trinajstić information content (AvgIpc) is 1.56. The van der Waals surface area contributed by atoms with Crippen LogP contribution in [0.15, 0.2) is 437 Å². The molecule has 0 radical (unpaired) electrons. The lowest BCUT2D eigenvalue weighted by Gasteiger charge is -2.17. The van der Waals surface area contributed by atoms with E-state index >= 15 is 0 Å². The van der Waals surface area contributed by atoms with E-state index in [0.717, 1.165) is 89.3 Å². The molecule has 6 heterocycles. The zero-order valence-electron chi connectivity index (χ0n) is 67.0. The van der Waals surface area contributed by atoms with E-state index in [1.54, 1.807) is 0 Å². The molecule has 0 N–H and O–H groups in total. The Morgan fingerprint density at radius 2 is 0.468 bits per heavy atom. The third-order valence-electron chi connectivity index (χ3n) is 23.8. The van der Waals surface area contributed by atoms with Crippen LogP contribution < -0.4 is 0 Å². The van der Waals surface area contributed by atoms with E-state index in [2.05, 4.69) is 373 Å². The first-order valence-corrected chi connectivity index (χ1v) is 43.3. The van der Waals surface area contributed by atoms with Gasteiger partial charge in [-0.1, -0.05) is 358 Å². The van der Waals surface area contributed by atoms with Gasteiger partial charge in [0.1, 0.15) is 0 Å². The highest BCUT2D eigenvalue weighted by molar-refractivity contribution is 7.26. The summed E-state index contributed by atoms with van der Waals surface area (Å²) >= 11 is 3.69. The van der Waals surface area contributed by atoms with Crippen molar-refractivity contribution < 1.29 is 0 Å². The van der Waals surface area contributed by atoms with Crippen molar-refractivity contribution in [2.75, 3.05) is 0 Å². The number of rotatable bonds is 14. The molecule has 0 aliphatic heterocycles. The Balaban J connectivity index is 0.000000143. The number of benzene rings is 18. The van der Waals surface area contributed by atoms with Gasteiger partial charge in [0.25, 0.3) is 0 Å². The number of para-hydroxylation sites is 4. The first-order valence-electron chi connectivity index (χ1n) is 41.7. The SMILES string of the molecule is c1ccc(-c2nc(-c3ccccc3)nc(-c3cc(-c4ccccc4-c4ccccc4)ccc3-c3ccc4sc5ccc6c7ccccc7n(-c7ccccc7)c6c5c4c3)n2)cc1.c1ccc(-c2nc(-c3ccccc3)nc(-c3cc(-c4ccccc4-c4ccccc4)ccc3-c3cccc4sc5ccc6c7ccccc7n(-c7ccccc7)c6c5c34)n2)cc1. The van der Waals surface area contributed by atoms with Crippen LogP contribution in [0.2, 0.25) is 0 Å². The van der Waals surface area contributed by atoms with Crippen molar-refractivity contribution >= 4 is 107 Å². The van der Waals surface area contributed by atoms with Gasteiger partial charge in [0.05, 0.1) is 22.1 Å². The lowest BCUT2D eigenvalue weighted by molar-refractivity contribution is 1.07. The van der Waals surface area contributed by atoms with Crippen molar-refractivity contribution in [2.24, 2.45) is 0 Å². The molecule has 124 heavy (non-hydrogen) atoms. The third-order valence-corrected chi connectivity index (χ3v) is 26.0. The third kappa shape index (κ3) is 13.1. The summed E-state index contributed by atoms with van der Waals surface area (Å²) in [6, 6.07) is 155. The summed E-state index contributed by atoms with van der Waals surface area (Å²) in [6.45, 7) is 0. The van der Waals surface area contributed by atoms with Crippen molar-refractivity contribution in [3.63, 3.8) is 0 Å². The summed E-state index contributed by atoms with van der Waals surface area (Å²) < 4.78 is 9.86. The molecule has 6 aromatic heterocycles. The van der Waals surface area contributed by atoms with E-state index in [1.807, 2.05) is 95.5 Å². The maximum absolute atomic E-state index is 5.34. The fourth-order valence-corrected chi connectivity index (χ4v) is 20.3. The minimum Gasteiger partial charge on any atom is -0.309 e. The Labute approximate surface area is 723 Å². The number of nitrogens with zero attached hydrogens (tertiary/aromatic N) is 8. The average molecular weight is 1620 g/mol. The highest BCUT2D eigenvalue weighted by Crippen LogP contribution is 2.51. The Morgan fingerprint density at radius 1 is 0.161 bits per heavy atom. The number of hydrogen-bond donors (Lipinski definition) is 0. The summed E-state index contributed by atoms with van der Waals surface area (Å²) in [5, 5.41) is 9.91. The van der Waals surface area contributed by atoms with Crippen molar-refractivity contribution in [1.29, 1.82) is 0 Å². The van der Waals surface area contributed by atoms with Crippen LogP contribution in [0.4, 0.5) is 0 Å². The number of thiophene rings is 2. The van der Waals surface area contributed by atoms with Gasteiger partial charge in [-0.05, 0) is 146 Å². The lowest BCUT2D eigenvalue weighted by atomic mass is 9.89. The van der Waals surface area contributed by atoms with E-state index in [4.69, 9.17) is 29.9 Å². The monoisotopic (exact) mass is 1620 g/mol. The predicted octanol–water partition coefficient (Wildman–Crippen LogP) is 30.7. The van der Waals surface area contributed by atoms with Crippen molar-refractivity contribution in [1.82, 2.24) is 39.0 Å². The largest absolute Gasteiger partial charge is 0.309 e. The van der Waals surface area contributed by atoms with Gasteiger partial charge in [0, 0.05) is 107 Å². The van der Waals surface area contributed by atoms with Gasteiger partial charge in [0.2, 0.25) is 0 Å². The second-order valence-electron chi connectivity index (χ2n) is 31.1. The van der Waals surface area contributed by atoms with Gasteiger partial charge in [-0.3, -0.25) is 0 Å². The summed E-state index contributed by atoms with van der Waals surface area (Å²) in [6.07, 6.45) is 0. The molecular weight excluding hydrogens is 1550 g/mol. The Morgan fingerprint density at radius 3 is 0.919 bits per heavy atom. The van der Waals surface area contributed by atoms with E-state index < -0.39 is 0 Å². The van der Waals surface area contributed by atoms with Crippen LogP contribution in [0.25, 0.3) is 230 Å². The predicted molar refractivity (Wildman–Crippen MR) is 519 cm³/mol. The number of hydrogen-bond acceptors (Lipinski definition) is 8. The van der Waals surface area contributed by atoms with Crippen LogP contribution in [0.1, 0.15) is 0 Å². The van der Waals surface area contributed by atoms with Crippen LogP contribution in [0.5, 0.6) is 0 Å². The molecule has 0 bridgehead atoms. The first-order chi connectivity index (χ1) is 61.5. The van der Waals surface area contributed by atoms with Gasteiger partial charge in [-0.2, -0.15) is 0 Å². The molecule has 0 spiro atoms. The van der Waals surface area contributed by atoms with Gasteiger partial charge >= 0.3 is 0 Å². The van der Waals surface area contributed by atoms with E-state index in [-0.39, 0.29) is 0 Å². The molecule has 24 aromatic rings. The molecule has 0 amide bonds. The van der Waals surface area contributed by atoms with E-state index in [9.17, 15) is 0 Å². The first kappa shape index (κ1) is 73.2. The zero-order valence-corrected chi connectivity index (χ0v) is 68.6. The van der Waals surface area contributed by atoms with Crippen molar-refractivity contribution in [2.45, 2.75) is 0 Å². The molecular formula is C114H72N8S2. The molecule has 10 heteroatoms. The summed E-state index contributed by atoms with van der Waals surface area (Å²) in [7, 11) is 0. The quantitative estimate of drug-likeness (QED) is 0.108. The molecule has 0 aliphatic rings. The van der Waals surface area contributed by atoms with Gasteiger partial charge in [-0.25, -0.2) is 29.9 Å². The van der Waals surface area contributed by atoms with E-state index in [0.29, 0.717) is 34.9 Å². The molecule has 18 aromatic carbocycles. The summed E-state index contributed by atoms with van der Waals surface area (Å²) in [5.74, 6) is 3.75. The summed E-state index contributed by atoms with van der Waals surface area (Å²) in [4.78, 5) is 31.4. The smallest absolute Gasteiger partial charge is 0.164 e. The van der Waals surface area contributed by atoms with Crippen molar-refractivity contribution in [3.05, 3.63) is 437 Å². The molecule has 0 unspecified atom stereocenters. The van der Waals surface area contributed by atoms with Gasteiger partial charge in [-0.15, -0.1) is 22.7 Å². The minimum absolute atomic E-state index is 0.617. The Hall–Kier alpha value is -16.0. The number of fused-ring (bicyclic) bond motifs is 14. The standard InChI is InChI=1S/2C57H36N4S/c1-5-18-37(19-6-1)42-26-13-14-27-43(42)40-32-33-44(48(36-40)57-59-55(38-20-7-2-8-21-38)58-56(60-57)39-22-9-3-10-23-39)46-29-17-31-50-52(46)53-51(62-50)35-34-47-45-28-15-16-30-49(45)61(54(47)53)41-24-11-4-12-25-41;1-5-17-37(18-6-1)43-25-13-14-26-44(43)40-29-31-45(48(35-40)57-59-55(38-19-7-2-8-20-38)58-56(60-57)39-21-9-3-10-22-39)41-30-33-51-49(36-41)53-52(62-51)34-32-47-46-27-15-16-28-50(46)61(54(47)53)42-23-11-4-12-24-42/h2*1-36H. The zero-order chi connectivity index (χ0) is 82.0. The molecule has 0 atom stereocenters. The van der Waals surface area contributed by atoms with Gasteiger partial charge < -0.3 is 9.13 Å². The molecule has 0 aliphatic carbocycles. The fourth-order valence-electron chi connectivity index (χ4n) is 18.1. The molecule has 0 saturated heterocycles.